The summed E-state index contributed by atoms with van der Waals surface area (Å²) in [5.74, 6) is 0. The van der Waals surface area contributed by atoms with Gasteiger partial charge >= 0.3 is 0 Å². The molecule has 6 heterocycles. The summed E-state index contributed by atoms with van der Waals surface area (Å²) in [7, 11) is 0. The Bertz CT molecular complexity index is 5490. The number of hydrogen-bond donors (Lipinski definition) is 0. The van der Waals surface area contributed by atoms with Crippen molar-refractivity contribution in [3.8, 4) is 22.3 Å². The van der Waals surface area contributed by atoms with E-state index in [1.165, 1.54) is 76.3 Å². The molecule has 0 bridgehead atoms. The third-order valence-electron chi connectivity index (χ3n) is 17.9. The fourth-order valence-electron chi connectivity index (χ4n) is 14.6. The highest BCUT2D eigenvalue weighted by atomic mass is 16.3. The first kappa shape index (κ1) is 45.4. The standard InChI is InChI=1S/C78H46N4O2/c1-5-21-47(22-6-1)69-73-59-33-17-31-57-72-62(80(50-27-11-4-12-28-50)52-42-44-56-54-30-14-16-40-66(54)84-68(56)46-52)36-20-38-64(72)82(75(57)59)78(73)70(48-23-7-2-8-24-48)74-60-34-18-32-58-71-61(35-19-37-63(71)81(76(58)60)77(69)74)79(49-25-9-3-10-26-49)51-41-43-55-53-29-13-15-39-65(53)83-67(55)45-51/h1-46H. The second kappa shape index (κ2) is 17.1. The van der Waals surface area contributed by atoms with Crippen molar-refractivity contribution in [2.75, 3.05) is 9.80 Å². The summed E-state index contributed by atoms with van der Waals surface area (Å²) in [5, 5.41) is 14.1. The predicted octanol–water partition coefficient (Wildman–Crippen LogP) is 22.1. The summed E-state index contributed by atoms with van der Waals surface area (Å²) in [6, 6.07) is 101. The number of furan rings is 2. The smallest absolute Gasteiger partial charge is 0.137 e. The molecule has 13 aromatic carbocycles. The molecule has 0 unspecified atom stereocenters. The number of para-hydroxylation sites is 6. The lowest BCUT2D eigenvalue weighted by Crippen LogP contribution is -2.10. The molecule has 6 heteroatoms. The Labute approximate surface area is 480 Å². The molecule has 0 N–H and O–H groups in total. The molecule has 19 rings (SSSR count). The molecule has 0 fully saturated rings. The average molecular weight is 1070 g/mol. The van der Waals surface area contributed by atoms with Crippen molar-refractivity contribution >= 4 is 154 Å². The third kappa shape index (κ3) is 6.12. The van der Waals surface area contributed by atoms with Gasteiger partial charge in [-0.15, -0.1) is 0 Å². The maximum absolute atomic E-state index is 6.58. The van der Waals surface area contributed by atoms with Gasteiger partial charge in [0.05, 0.1) is 44.5 Å². The maximum atomic E-state index is 6.58. The Hall–Kier alpha value is -11.3. The molecular formula is C78H46N4O2. The van der Waals surface area contributed by atoms with Crippen LogP contribution in [0.1, 0.15) is 0 Å². The van der Waals surface area contributed by atoms with Crippen LogP contribution in [0.15, 0.2) is 288 Å². The number of rotatable bonds is 8. The van der Waals surface area contributed by atoms with Crippen LogP contribution in [0.25, 0.3) is 142 Å². The Kier molecular flexibility index (Phi) is 9.24. The second-order valence-electron chi connectivity index (χ2n) is 22.2. The summed E-state index contributed by atoms with van der Waals surface area (Å²) >= 11 is 0. The van der Waals surface area contributed by atoms with Gasteiger partial charge in [-0.05, 0) is 96.1 Å². The van der Waals surface area contributed by atoms with Crippen molar-refractivity contribution in [3.63, 3.8) is 0 Å². The van der Waals surface area contributed by atoms with E-state index in [4.69, 9.17) is 8.83 Å². The predicted molar refractivity (Wildman–Crippen MR) is 351 cm³/mol. The van der Waals surface area contributed by atoms with Crippen molar-refractivity contribution in [2.45, 2.75) is 0 Å². The fraction of sp³-hybridized carbons (Fsp3) is 0. The number of fused-ring (bicyclic) bond motifs is 18. The number of benzene rings is 13. The van der Waals surface area contributed by atoms with Crippen molar-refractivity contribution in [2.24, 2.45) is 0 Å². The number of nitrogens with zero attached hydrogens (tertiary/aromatic N) is 4. The van der Waals surface area contributed by atoms with Crippen molar-refractivity contribution in [1.82, 2.24) is 8.80 Å². The lowest BCUT2D eigenvalue weighted by Gasteiger charge is -2.26. The van der Waals surface area contributed by atoms with E-state index in [0.29, 0.717) is 0 Å². The molecule has 0 radical (unpaired) electrons. The zero-order valence-corrected chi connectivity index (χ0v) is 45.2. The molecule has 19 aromatic rings. The van der Waals surface area contributed by atoms with Crippen LogP contribution < -0.4 is 9.80 Å². The molecule has 6 nitrogen and oxygen atoms in total. The molecule has 0 aliphatic rings. The summed E-state index contributed by atoms with van der Waals surface area (Å²) in [6.07, 6.45) is 0. The average Bonchev–Trinajstić information content (AvgIpc) is 1.61. The van der Waals surface area contributed by atoms with Gasteiger partial charge in [-0.1, -0.05) is 182 Å². The SMILES string of the molecule is c1ccc(-c2c3c4cccc5c6c(N(c7ccccc7)c7ccc8c(c7)oc7ccccc78)cccc6n(c3c(-c3ccccc3)c3c6cccc7c8c(N(c9ccccc9)c9ccc%10c(c9)oc9ccccc9%10)cccc8n(c23)c76)c54)cc1. The Balaban J connectivity index is 0.944. The van der Waals surface area contributed by atoms with Gasteiger partial charge < -0.3 is 27.4 Å². The van der Waals surface area contributed by atoms with E-state index in [2.05, 4.69) is 286 Å². The van der Waals surface area contributed by atoms with E-state index in [1.807, 2.05) is 12.1 Å². The molecule has 6 aromatic heterocycles. The first-order valence-electron chi connectivity index (χ1n) is 28.7. The molecule has 84 heavy (non-hydrogen) atoms. The van der Waals surface area contributed by atoms with Gasteiger partial charge in [0.2, 0.25) is 0 Å². The van der Waals surface area contributed by atoms with Gasteiger partial charge in [0.15, 0.2) is 0 Å². The third-order valence-corrected chi connectivity index (χ3v) is 17.9. The summed E-state index contributed by atoms with van der Waals surface area (Å²) in [5.41, 5.74) is 21.7. The van der Waals surface area contributed by atoms with Crippen LogP contribution in [-0.4, -0.2) is 8.80 Å². The van der Waals surface area contributed by atoms with Gasteiger partial charge in [0.1, 0.15) is 22.3 Å². The normalized spacial score (nSPS) is 12.3. The largest absolute Gasteiger partial charge is 0.456 e. The fourth-order valence-corrected chi connectivity index (χ4v) is 14.6. The molecule has 0 amide bonds. The molecule has 390 valence electrons. The Morgan fingerprint density at radius 2 is 0.583 bits per heavy atom. The van der Waals surface area contributed by atoms with Crippen molar-refractivity contribution < 1.29 is 8.83 Å². The van der Waals surface area contributed by atoms with E-state index in [9.17, 15) is 0 Å². The van der Waals surface area contributed by atoms with Crippen LogP contribution in [-0.2, 0) is 0 Å². The van der Waals surface area contributed by atoms with Crippen LogP contribution in [0.2, 0.25) is 0 Å². The van der Waals surface area contributed by atoms with Crippen LogP contribution in [0.3, 0.4) is 0 Å². The Morgan fingerprint density at radius 3 is 1.01 bits per heavy atom. The van der Waals surface area contributed by atoms with Crippen LogP contribution in [0.4, 0.5) is 34.1 Å². The number of aromatic nitrogens is 2. The van der Waals surface area contributed by atoms with Gasteiger partial charge in [-0.2, -0.15) is 0 Å². The van der Waals surface area contributed by atoms with E-state index < -0.39 is 0 Å². The molecular weight excluding hydrogens is 1020 g/mol. The lowest BCUT2D eigenvalue weighted by atomic mass is 9.89. The van der Waals surface area contributed by atoms with Crippen molar-refractivity contribution in [3.05, 3.63) is 279 Å². The maximum Gasteiger partial charge on any atom is 0.137 e. The molecule has 0 spiro atoms. The molecule has 0 aliphatic heterocycles. The summed E-state index contributed by atoms with van der Waals surface area (Å²) in [6.45, 7) is 0. The number of anilines is 6. The van der Waals surface area contributed by atoms with Gasteiger partial charge in [-0.25, -0.2) is 0 Å². The topological polar surface area (TPSA) is 41.6 Å². The van der Waals surface area contributed by atoms with Crippen LogP contribution >= 0.6 is 0 Å². The Morgan fingerprint density at radius 1 is 0.238 bits per heavy atom. The summed E-state index contributed by atoms with van der Waals surface area (Å²) in [4.78, 5) is 4.82. The minimum atomic E-state index is 0.857. The lowest BCUT2D eigenvalue weighted by molar-refractivity contribution is 0.668. The molecule has 0 saturated heterocycles. The van der Waals surface area contributed by atoms with E-state index >= 15 is 0 Å². The quantitative estimate of drug-likeness (QED) is 0.152. The highest BCUT2D eigenvalue weighted by Crippen LogP contribution is 2.56. The molecule has 0 saturated carbocycles. The zero-order valence-electron chi connectivity index (χ0n) is 45.2. The first-order valence-corrected chi connectivity index (χ1v) is 28.7. The van der Waals surface area contributed by atoms with E-state index in [0.717, 1.165) is 100 Å². The monoisotopic (exact) mass is 1070 g/mol. The van der Waals surface area contributed by atoms with E-state index in [1.54, 1.807) is 0 Å². The highest BCUT2D eigenvalue weighted by molar-refractivity contribution is 6.39. The van der Waals surface area contributed by atoms with Crippen LogP contribution in [0, 0.1) is 0 Å². The number of hydrogen-bond acceptors (Lipinski definition) is 4. The zero-order chi connectivity index (χ0) is 54.7. The van der Waals surface area contributed by atoms with Crippen molar-refractivity contribution in [1.29, 1.82) is 0 Å². The highest BCUT2D eigenvalue weighted by Gasteiger charge is 2.33. The minimum Gasteiger partial charge on any atom is -0.456 e. The second-order valence-corrected chi connectivity index (χ2v) is 22.2. The van der Waals surface area contributed by atoms with Gasteiger partial charge in [-0.3, -0.25) is 0 Å². The minimum absolute atomic E-state index is 0.857. The van der Waals surface area contributed by atoms with Gasteiger partial charge in [0, 0.05) is 111 Å². The molecule has 0 aliphatic carbocycles. The van der Waals surface area contributed by atoms with Gasteiger partial charge in [0.25, 0.3) is 0 Å². The summed E-state index contributed by atoms with van der Waals surface area (Å²) < 4.78 is 18.4. The van der Waals surface area contributed by atoms with E-state index in [-0.39, 0.29) is 0 Å². The first-order chi connectivity index (χ1) is 41.7. The van der Waals surface area contributed by atoms with Crippen LogP contribution in [0.5, 0.6) is 0 Å². The molecule has 0 atom stereocenters.